The Labute approximate surface area is 139 Å². The number of thioether (sulfide) groups is 1. The molecule has 0 radical (unpaired) electrons. The van der Waals surface area contributed by atoms with Gasteiger partial charge in [0.15, 0.2) is 11.5 Å². The summed E-state index contributed by atoms with van der Waals surface area (Å²) >= 11 is 1.73. The summed E-state index contributed by atoms with van der Waals surface area (Å²) in [4.78, 5) is 12.0. The summed E-state index contributed by atoms with van der Waals surface area (Å²) in [6.07, 6.45) is 1.90. The first kappa shape index (κ1) is 18.0. The molecule has 0 bridgehead atoms. The average molecular weight is 350 g/mol. The van der Waals surface area contributed by atoms with E-state index in [1.165, 1.54) is 0 Å². The lowest BCUT2D eigenvalue weighted by Crippen LogP contribution is -2.43. The summed E-state index contributed by atoms with van der Waals surface area (Å²) in [5.74, 6) is 2.42. The number of carbonyl (C=O) groups excluding carboxylic acids is 1. The van der Waals surface area contributed by atoms with Crippen molar-refractivity contribution in [2.75, 3.05) is 11.6 Å². The maximum absolute atomic E-state index is 12.0. The van der Waals surface area contributed by atoms with Crippen LogP contribution in [0, 0.1) is 0 Å². The quantitative estimate of drug-likeness (QED) is 0.876. The van der Waals surface area contributed by atoms with E-state index in [9.17, 15) is 4.79 Å². The molecule has 0 aromatic carbocycles. The summed E-state index contributed by atoms with van der Waals surface area (Å²) in [6.45, 7) is 1.92. The molecule has 1 fully saturated rings. The number of hydrogen-bond acceptors (Lipinski definition) is 5. The van der Waals surface area contributed by atoms with Crippen molar-refractivity contribution < 1.29 is 4.79 Å². The molecule has 2 unspecified atom stereocenters. The second-order valence-corrected chi connectivity index (χ2v) is 5.52. The van der Waals surface area contributed by atoms with Gasteiger partial charge in [-0.3, -0.25) is 14.5 Å². The Morgan fingerprint density at radius 2 is 2.29 bits per heavy atom. The number of pyridine rings is 1. The van der Waals surface area contributed by atoms with Crippen molar-refractivity contribution in [3.05, 3.63) is 30.2 Å². The smallest absolute Gasteiger partial charge is 0.238 e. The van der Waals surface area contributed by atoms with Gasteiger partial charge in [-0.25, -0.2) is 0 Å². The van der Waals surface area contributed by atoms with E-state index in [-0.39, 0.29) is 42.8 Å². The highest BCUT2D eigenvalue weighted by Gasteiger charge is 2.25. The maximum Gasteiger partial charge on any atom is 0.238 e. The number of hydrogen-bond donors (Lipinski definition) is 2. The van der Waals surface area contributed by atoms with Crippen LogP contribution in [0.25, 0.3) is 5.65 Å². The van der Waals surface area contributed by atoms with Crippen molar-refractivity contribution in [3.63, 3.8) is 0 Å². The molecular weight excluding hydrogens is 333 g/mol. The lowest BCUT2D eigenvalue weighted by Gasteiger charge is -2.15. The Bertz CT molecular complexity index is 602. The van der Waals surface area contributed by atoms with Crippen molar-refractivity contribution in [3.8, 4) is 0 Å². The zero-order valence-electron chi connectivity index (χ0n) is 11.4. The number of nitrogens with zero attached hydrogens (tertiary/aromatic N) is 3. The molecule has 2 aromatic heterocycles. The summed E-state index contributed by atoms with van der Waals surface area (Å²) in [7, 11) is 0. The van der Waals surface area contributed by atoms with Crippen LogP contribution in [0.2, 0.25) is 0 Å². The summed E-state index contributed by atoms with van der Waals surface area (Å²) in [6, 6.07) is 5.45. The topological polar surface area (TPSA) is 71.3 Å². The number of halogens is 2. The minimum absolute atomic E-state index is 0. The van der Waals surface area contributed by atoms with Gasteiger partial charge in [0, 0.05) is 17.8 Å². The molecule has 3 rings (SSSR count). The summed E-state index contributed by atoms with van der Waals surface area (Å²) < 4.78 is 1.89. The van der Waals surface area contributed by atoms with Crippen molar-refractivity contribution in [2.45, 2.75) is 19.0 Å². The van der Waals surface area contributed by atoms with Crippen LogP contribution in [0.15, 0.2) is 24.4 Å². The van der Waals surface area contributed by atoms with E-state index >= 15 is 0 Å². The van der Waals surface area contributed by atoms with Crippen LogP contribution >= 0.6 is 36.6 Å². The van der Waals surface area contributed by atoms with Crippen LogP contribution in [0.1, 0.15) is 18.8 Å². The van der Waals surface area contributed by atoms with E-state index < -0.39 is 0 Å². The zero-order chi connectivity index (χ0) is 13.2. The van der Waals surface area contributed by atoms with E-state index in [2.05, 4.69) is 20.8 Å². The minimum atomic E-state index is -0.169. The molecule has 2 N–H and O–H groups in total. The van der Waals surface area contributed by atoms with Gasteiger partial charge in [0.2, 0.25) is 5.91 Å². The Morgan fingerprint density at radius 1 is 1.48 bits per heavy atom. The molecular formula is C12H17Cl2N5OS. The van der Waals surface area contributed by atoms with Gasteiger partial charge in [-0.1, -0.05) is 6.07 Å². The molecule has 3 heterocycles. The van der Waals surface area contributed by atoms with E-state index in [0.29, 0.717) is 0 Å². The lowest BCUT2D eigenvalue weighted by molar-refractivity contribution is -0.123. The molecule has 1 aliphatic rings. The van der Waals surface area contributed by atoms with Gasteiger partial charge in [0.25, 0.3) is 0 Å². The Morgan fingerprint density at radius 3 is 3.00 bits per heavy atom. The van der Waals surface area contributed by atoms with Crippen LogP contribution < -0.4 is 10.6 Å². The Balaban J connectivity index is 0.00000110. The van der Waals surface area contributed by atoms with Crippen molar-refractivity contribution in [2.24, 2.45) is 0 Å². The van der Waals surface area contributed by atoms with Gasteiger partial charge in [-0.15, -0.1) is 46.8 Å². The molecule has 0 aliphatic carbocycles. The average Bonchev–Trinajstić information content (AvgIpc) is 3.08. The van der Waals surface area contributed by atoms with Gasteiger partial charge < -0.3 is 5.32 Å². The van der Waals surface area contributed by atoms with Crippen LogP contribution in [-0.4, -0.2) is 38.2 Å². The molecule has 1 amide bonds. The normalized spacial score (nSPS) is 18.6. The predicted molar refractivity (Wildman–Crippen MR) is 88.3 cm³/mol. The predicted octanol–water partition coefficient (Wildman–Crippen LogP) is 1.41. The van der Waals surface area contributed by atoms with E-state index in [4.69, 9.17) is 0 Å². The molecule has 21 heavy (non-hydrogen) atoms. The van der Waals surface area contributed by atoms with Crippen LogP contribution in [0.5, 0.6) is 0 Å². The number of fused-ring (bicyclic) bond motifs is 1. The highest BCUT2D eigenvalue weighted by molar-refractivity contribution is 7.99. The fourth-order valence-corrected chi connectivity index (χ4v) is 3.04. The van der Waals surface area contributed by atoms with Gasteiger partial charge in [-0.05, 0) is 19.1 Å². The van der Waals surface area contributed by atoms with Crippen molar-refractivity contribution in [1.29, 1.82) is 0 Å². The third-order valence-electron chi connectivity index (χ3n) is 3.12. The van der Waals surface area contributed by atoms with Crippen molar-refractivity contribution >= 4 is 48.1 Å². The Hall–Kier alpha value is -1.02. The highest BCUT2D eigenvalue weighted by Crippen LogP contribution is 2.14. The first-order chi connectivity index (χ1) is 9.25. The first-order valence-corrected chi connectivity index (χ1v) is 7.32. The number of carbonyl (C=O) groups is 1. The Kier molecular flexibility index (Phi) is 6.73. The summed E-state index contributed by atoms with van der Waals surface area (Å²) in [5, 5.41) is 14.4. The fourth-order valence-electron chi connectivity index (χ4n) is 2.10. The highest BCUT2D eigenvalue weighted by atomic mass is 35.5. The second-order valence-electron chi connectivity index (χ2n) is 4.49. The molecule has 0 saturated carbocycles. The number of amides is 1. The van der Waals surface area contributed by atoms with Crippen LogP contribution in [0.4, 0.5) is 0 Å². The third kappa shape index (κ3) is 3.79. The number of rotatable bonds is 3. The molecule has 1 saturated heterocycles. The number of nitrogens with one attached hydrogen (secondary N) is 2. The van der Waals surface area contributed by atoms with Gasteiger partial charge in [0.1, 0.15) is 0 Å². The fraction of sp³-hybridized carbons (Fsp3) is 0.417. The first-order valence-electron chi connectivity index (χ1n) is 6.17. The lowest BCUT2D eigenvalue weighted by atomic mass is 10.2. The molecule has 1 aliphatic heterocycles. The van der Waals surface area contributed by atoms with E-state index in [1.54, 1.807) is 11.8 Å². The van der Waals surface area contributed by atoms with Crippen molar-refractivity contribution in [1.82, 2.24) is 25.2 Å². The third-order valence-corrected chi connectivity index (χ3v) is 4.06. The number of aromatic nitrogens is 3. The molecule has 116 valence electrons. The SMILES string of the molecule is CC(NC(=O)C1CSCN1)c1nnc2ccccn12.Cl.Cl. The summed E-state index contributed by atoms with van der Waals surface area (Å²) in [5.41, 5.74) is 0.785. The minimum Gasteiger partial charge on any atom is -0.345 e. The maximum atomic E-state index is 12.0. The zero-order valence-corrected chi connectivity index (χ0v) is 13.8. The second kappa shape index (κ2) is 7.84. The molecule has 6 nitrogen and oxygen atoms in total. The van der Waals surface area contributed by atoms with E-state index in [1.807, 2.05) is 35.7 Å². The van der Waals surface area contributed by atoms with E-state index in [0.717, 1.165) is 23.1 Å². The van der Waals surface area contributed by atoms with Gasteiger partial charge in [0.05, 0.1) is 12.1 Å². The van der Waals surface area contributed by atoms with Gasteiger partial charge >= 0.3 is 0 Å². The molecule has 0 spiro atoms. The van der Waals surface area contributed by atoms with Crippen LogP contribution in [-0.2, 0) is 4.79 Å². The largest absolute Gasteiger partial charge is 0.345 e. The van der Waals surface area contributed by atoms with Crippen LogP contribution in [0.3, 0.4) is 0 Å². The molecule has 2 atom stereocenters. The molecule has 9 heteroatoms. The molecule has 2 aromatic rings. The monoisotopic (exact) mass is 349 g/mol. The standard InChI is InChI=1S/C12H15N5OS.2ClH/c1-8(14-12(18)9-6-19-7-13-9)11-16-15-10-4-2-3-5-17(10)11;;/h2-5,8-9,13H,6-7H2,1H3,(H,14,18);2*1H. The van der Waals surface area contributed by atoms with Gasteiger partial charge in [-0.2, -0.15) is 0 Å².